The SMILES string of the molecule is O=C1CN=C(c2ncc(Cl)cc2NS(=O)(=O)c2ccc(Cl)c(C(F)(F)F)c2)c2ccccc21. The molecular formula is C21H12Cl2F3N3O3S. The maximum absolute atomic E-state index is 13.2. The molecule has 0 bridgehead atoms. The Hall–Kier alpha value is -2.95. The average Bonchev–Trinajstić information content (AvgIpc) is 2.74. The molecule has 0 amide bonds. The zero-order valence-corrected chi connectivity index (χ0v) is 18.6. The molecule has 0 spiro atoms. The van der Waals surface area contributed by atoms with Gasteiger partial charge in [0.05, 0.1) is 31.9 Å². The van der Waals surface area contributed by atoms with Crippen LogP contribution in [0, 0.1) is 0 Å². The summed E-state index contributed by atoms with van der Waals surface area (Å²) in [5, 5.41) is -0.561. The van der Waals surface area contributed by atoms with Crippen LogP contribution in [-0.4, -0.2) is 31.4 Å². The Morgan fingerprint density at radius 2 is 1.70 bits per heavy atom. The summed E-state index contributed by atoms with van der Waals surface area (Å²) in [7, 11) is -4.51. The number of pyridine rings is 1. The standard InChI is InChI=1S/C21H12Cl2F3N3O3S/c22-11-7-17(29-33(31,32)12-5-6-16(23)15(8-12)21(24,25)26)20(27-9-11)19-14-4-2-1-3-13(14)18(30)10-28-19/h1-9,29H,10H2. The van der Waals surface area contributed by atoms with Gasteiger partial charge in [-0.15, -0.1) is 0 Å². The molecule has 2 aromatic carbocycles. The van der Waals surface area contributed by atoms with Crippen LogP contribution in [0.15, 0.2) is 64.6 Å². The van der Waals surface area contributed by atoms with Crippen molar-refractivity contribution in [1.82, 2.24) is 4.98 Å². The second-order valence-corrected chi connectivity index (χ2v) is 9.45. The van der Waals surface area contributed by atoms with Crippen LogP contribution in [0.5, 0.6) is 0 Å². The van der Waals surface area contributed by atoms with Gasteiger partial charge in [0, 0.05) is 17.3 Å². The molecule has 0 saturated carbocycles. The summed E-state index contributed by atoms with van der Waals surface area (Å²) in [6.07, 6.45) is -3.58. The molecule has 0 unspecified atom stereocenters. The summed E-state index contributed by atoms with van der Waals surface area (Å²) < 4.78 is 67.7. The van der Waals surface area contributed by atoms with Crippen molar-refractivity contribution in [3.63, 3.8) is 0 Å². The molecule has 1 aromatic heterocycles. The predicted octanol–water partition coefficient (Wildman–Crippen LogP) is 5.24. The second kappa shape index (κ2) is 8.44. The van der Waals surface area contributed by atoms with Crippen LogP contribution in [0.2, 0.25) is 10.0 Å². The molecule has 3 aromatic rings. The van der Waals surface area contributed by atoms with Gasteiger partial charge in [0.2, 0.25) is 0 Å². The van der Waals surface area contributed by atoms with Gasteiger partial charge in [0.25, 0.3) is 10.0 Å². The number of nitrogens with one attached hydrogen (secondary N) is 1. The van der Waals surface area contributed by atoms with Crippen molar-refractivity contribution in [3.05, 3.63) is 87.2 Å². The molecule has 4 rings (SSSR count). The monoisotopic (exact) mass is 513 g/mol. The maximum Gasteiger partial charge on any atom is 0.417 e. The second-order valence-electron chi connectivity index (χ2n) is 6.93. The van der Waals surface area contributed by atoms with Gasteiger partial charge >= 0.3 is 6.18 Å². The van der Waals surface area contributed by atoms with E-state index in [9.17, 15) is 26.4 Å². The van der Waals surface area contributed by atoms with Crippen LogP contribution in [0.25, 0.3) is 0 Å². The Balaban J connectivity index is 1.80. The molecule has 12 heteroatoms. The minimum atomic E-state index is -4.85. The molecular weight excluding hydrogens is 502 g/mol. The summed E-state index contributed by atoms with van der Waals surface area (Å²) in [6, 6.07) is 10.1. The van der Waals surface area contributed by atoms with Crippen molar-refractivity contribution >= 4 is 50.4 Å². The number of aromatic nitrogens is 1. The van der Waals surface area contributed by atoms with Crippen LogP contribution >= 0.6 is 23.2 Å². The number of ketones is 1. The van der Waals surface area contributed by atoms with Gasteiger partial charge in [-0.2, -0.15) is 13.2 Å². The maximum atomic E-state index is 13.2. The summed E-state index contributed by atoms with van der Waals surface area (Å²) >= 11 is 11.6. The minimum absolute atomic E-state index is 0.0629. The van der Waals surface area contributed by atoms with Crippen LogP contribution in [0.4, 0.5) is 18.9 Å². The number of sulfonamides is 1. The van der Waals surface area contributed by atoms with Crippen LogP contribution in [-0.2, 0) is 16.2 Å². The lowest BCUT2D eigenvalue weighted by Gasteiger charge is -2.19. The summed E-state index contributed by atoms with van der Waals surface area (Å²) in [5.74, 6) is -0.216. The number of hydrogen-bond acceptors (Lipinski definition) is 5. The fourth-order valence-electron chi connectivity index (χ4n) is 3.25. The van der Waals surface area contributed by atoms with Crippen LogP contribution in [0.3, 0.4) is 0 Å². The molecule has 2 heterocycles. The Morgan fingerprint density at radius 3 is 2.39 bits per heavy atom. The quantitative estimate of drug-likeness (QED) is 0.516. The number of halogens is 5. The number of nitrogens with zero attached hydrogens (tertiary/aromatic N) is 2. The Labute approximate surface area is 196 Å². The Bertz CT molecular complexity index is 1420. The van der Waals surface area contributed by atoms with Crippen LogP contribution in [0.1, 0.15) is 27.2 Å². The van der Waals surface area contributed by atoms with Crippen molar-refractivity contribution in [1.29, 1.82) is 0 Å². The molecule has 170 valence electrons. The van der Waals surface area contributed by atoms with Crippen molar-refractivity contribution < 1.29 is 26.4 Å². The third kappa shape index (κ3) is 4.59. The fraction of sp³-hybridized carbons (Fsp3) is 0.0952. The molecule has 0 atom stereocenters. The highest BCUT2D eigenvalue weighted by Gasteiger charge is 2.35. The summed E-state index contributed by atoms with van der Waals surface area (Å²) in [6.45, 7) is -0.172. The highest BCUT2D eigenvalue weighted by atomic mass is 35.5. The van der Waals surface area contributed by atoms with Gasteiger partial charge in [-0.05, 0) is 24.3 Å². The number of aliphatic imine (C=N–C) groups is 1. The number of carbonyl (C=O) groups is 1. The lowest BCUT2D eigenvalue weighted by Crippen LogP contribution is -2.23. The van der Waals surface area contributed by atoms with Gasteiger partial charge in [-0.3, -0.25) is 19.5 Å². The predicted molar refractivity (Wildman–Crippen MR) is 118 cm³/mol. The molecule has 0 aliphatic carbocycles. The number of rotatable bonds is 4. The van der Waals surface area contributed by atoms with Gasteiger partial charge in [0.15, 0.2) is 5.78 Å². The highest BCUT2D eigenvalue weighted by molar-refractivity contribution is 7.92. The number of anilines is 1. The molecule has 1 N–H and O–H groups in total. The van der Waals surface area contributed by atoms with Crippen molar-refractivity contribution in [3.8, 4) is 0 Å². The normalized spacial score (nSPS) is 14.0. The molecule has 0 saturated heterocycles. The van der Waals surface area contributed by atoms with E-state index >= 15 is 0 Å². The van der Waals surface area contributed by atoms with E-state index < -0.39 is 31.7 Å². The number of alkyl halides is 3. The van der Waals surface area contributed by atoms with E-state index in [4.69, 9.17) is 23.2 Å². The molecule has 1 aliphatic heterocycles. The first kappa shape index (κ1) is 23.2. The first-order chi connectivity index (χ1) is 15.5. The fourth-order valence-corrected chi connectivity index (χ4v) is 4.72. The van der Waals surface area contributed by atoms with Crippen molar-refractivity contribution in [2.75, 3.05) is 11.3 Å². The van der Waals surface area contributed by atoms with Gasteiger partial charge in [-0.25, -0.2) is 8.42 Å². The van der Waals surface area contributed by atoms with Gasteiger partial charge < -0.3 is 0 Å². The van der Waals surface area contributed by atoms with E-state index in [-0.39, 0.29) is 34.4 Å². The number of hydrogen-bond donors (Lipinski definition) is 1. The summed E-state index contributed by atoms with van der Waals surface area (Å²) in [4.78, 5) is 19.9. The molecule has 1 aliphatic rings. The zero-order chi connectivity index (χ0) is 24.0. The smallest absolute Gasteiger partial charge is 0.292 e. The number of benzene rings is 2. The molecule has 0 radical (unpaired) electrons. The molecule has 0 fully saturated rings. The highest BCUT2D eigenvalue weighted by Crippen LogP contribution is 2.36. The topological polar surface area (TPSA) is 88.5 Å². The molecule has 33 heavy (non-hydrogen) atoms. The Kier molecular flexibility index (Phi) is 5.94. The average molecular weight is 514 g/mol. The third-order valence-electron chi connectivity index (χ3n) is 4.74. The molecule has 6 nitrogen and oxygen atoms in total. The number of fused-ring (bicyclic) bond motifs is 1. The summed E-state index contributed by atoms with van der Waals surface area (Å²) in [5.41, 5.74) is -0.274. The van der Waals surface area contributed by atoms with Crippen molar-refractivity contribution in [2.45, 2.75) is 11.1 Å². The van der Waals surface area contributed by atoms with Gasteiger partial charge in [-0.1, -0.05) is 47.5 Å². The van der Waals surface area contributed by atoms with Gasteiger partial charge in [0.1, 0.15) is 12.2 Å². The number of carbonyl (C=O) groups excluding carboxylic acids is 1. The number of Topliss-reactive ketones (excluding diaryl/α,β-unsaturated/α-hetero) is 1. The first-order valence-corrected chi connectivity index (χ1v) is 11.4. The van der Waals surface area contributed by atoms with E-state index in [1.165, 1.54) is 12.3 Å². The van der Waals surface area contributed by atoms with E-state index in [1.54, 1.807) is 24.3 Å². The Morgan fingerprint density at radius 1 is 1.00 bits per heavy atom. The third-order valence-corrected chi connectivity index (χ3v) is 6.64. The van der Waals surface area contributed by atoms with E-state index in [0.29, 0.717) is 17.2 Å². The van der Waals surface area contributed by atoms with E-state index in [1.807, 2.05) is 0 Å². The first-order valence-electron chi connectivity index (χ1n) is 9.20. The zero-order valence-electron chi connectivity index (χ0n) is 16.3. The lowest BCUT2D eigenvalue weighted by atomic mass is 9.94. The largest absolute Gasteiger partial charge is 0.417 e. The minimum Gasteiger partial charge on any atom is -0.292 e. The van der Waals surface area contributed by atoms with E-state index in [0.717, 1.165) is 12.1 Å². The lowest BCUT2D eigenvalue weighted by molar-refractivity contribution is -0.137. The van der Waals surface area contributed by atoms with Crippen molar-refractivity contribution in [2.24, 2.45) is 4.99 Å². The van der Waals surface area contributed by atoms with E-state index in [2.05, 4.69) is 14.7 Å². The van der Waals surface area contributed by atoms with Crippen LogP contribution < -0.4 is 4.72 Å².